The van der Waals surface area contributed by atoms with E-state index in [9.17, 15) is 19.4 Å². The van der Waals surface area contributed by atoms with Crippen LogP contribution >= 0.6 is 0 Å². The van der Waals surface area contributed by atoms with E-state index in [1.165, 1.54) is 63.4 Å². The third kappa shape index (κ3) is 5.75. The van der Waals surface area contributed by atoms with Gasteiger partial charge in [-0.15, -0.1) is 5.10 Å². The lowest BCUT2D eigenvalue weighted by molar-refractivity contribution is -0.174. The number of ether oxygens (including phenoxy) is 1. The number of alkyl halides is 2. The number of aromatic nitrogens is 3. The Morgan fingerprint density at radius 1 is 1.00 bits per heavy atom. The first kappa shape index (κ1) is 28.9. The summed E-state index contributed by atoms with van der Waals surface area (Å²) in [5.74, 6) is -4.79. The molecule has 4 aromatic rings. The van der Waals surface area contributed by atoms with Gasteiger partial charge in [0.05, 0.1) is 36.3 Å². The smallest absolute Gasteiger partial charge is 0.280 e. The number of carbonyl (C=O) groups excluding carboxylic acids is 1. The monoisotopic (exact) mass is 554 g/mol. The van der Waals surface area contributed by atoms with Gasteiger partial charge in [0, 0.05) is 23.4 Å². The van der Waals surface area contributed by atoms with Crippen molar-refractivity contribution in [2.45, 2.75) is 44.8 Å². The molecule has 0 aliphatic heterocycles. The summed E-state index contributed by atoms with van der Waals surface area (Å²) in [5, 5.41) is 33.1. The van der Waals surface area contributed by atoms with Crippen LogP contribution in [0.25, 0.3) is 22.2 Å². The van der Waals surface area contributed by atoms with Gasteiger partial charge in [-0.05, 0) is 80.9 Å². The summed E-state index contributed by atoms with van der Waals surface area (Å²) in [4.78, 5) is 17.4. The second-order valence-corrected chi connectivity index (χ2v) is 10.2. The molecule has 4 rings (SSSR count). The van der Waals surface area contributed by atoms with Crippen LogP contribution in [-0.2, 0) is 11.2 Å². The standard InChI is InChI=1S/C29H29F3N4O4/c1-16-10-18-11-19(12-23(40-5)25(18)36-35-16)26(37)33-15-29(39,28(4,31)32)24-14-20(27(2,3)38)13-22(34-24)17-6-8-21(30)9-7-17/h6-14,38-39H,15H2,1-5H3,(H,33,37)/t29-/m1/s1. The van der Waals surface area contributed by atoms with Crippen molar-refractivity contribution < 1.29 is 32.9 Å². The largest absolute Gasteiger partial charge is 0.494 e. The Hall–Kier alpha value is -4.09. The molecule has 0 unspecified atom stereocenters. The first-order chi connectivity index (χ1) is 18.6. The average Bonchev–Trinajstić information content (AvgIpc) is 2.89. The first-order valence-corrected chi connectivity index (χ1v) is 12.3. The van der Waals surface area contributed by atoms with Crippen LogP contribution in [0.3, 0.4) is 0 Å². The van der Waals surface area contributed by atoms with E-state index in [-0.39, 0.29) is 22.6 Å². The average molecular weight is 555 g/mol. The van der Waals surface area contributed by atoms with E-state index in [1.54, 1.807) is 13.0 Å². The van der Waals surface area contributed by atoms with Gasteiger partial charge in [-0.3, -0.25) is 4.79 Å². The Morgan fingerprint density at radius 2 is 1.68 bits per heavy atom. The van der Waals surface area contributed by atoms with Crippen molar-refractivity contribution >= 4 is 16.8 Å². The number of fused-ring (bicyclic) bond motifs is 1. The van der Waals surface area contributed by atoms with Crippen molar-refractivity contribution in [2.75, 3.05) is 13.7 Å². The van der Waals surface area contributed by atoms with E-state index >= 15 is 8.78 Å². The molecule has 0 aliphatic rings. The quantitative estimate of drug-likeness (QED) is 0.290. The molecule has 210 valence electrons. The number of amides is 1. The molecule has 1 amide bonds. The third-order valence-electron chi connectivity index (χ3n) is 6.59. The van der Waals surface area contributed by atoms with Gasteiger partial charge in [0.25, 0.3) is 11.8 Å². The van der Waals surface area contributed by atoms with Crippen LogP contribution in [0.5, 0.6) is 5.75 Å². The SMILES string of the molecule is COc1cc(C(=O)NC[C@@](O)(c2cc(C(C)(C)O)cc(-c3ccc(F)cc3)n2)C(C)(F)F)cc2cc(C)nnc12. The lowest BCUT2D eigenvalue weighted by Crippen LogP contribution is -2.52. The van der Waals surface area contributed by atoms with Gasteiger partial charge >= 0.3 is 0 Å². The summed E-state index contributed by atoms with van der Waals surface area (Å²) in [6.45, 7) is 4.21. The molecule has 0 spiro atoms. The number of pyridine rings is 1. The molecule has 2 aromatic heterocycles. The van der Waals surface area contributed by atoms with E-state index < -0.39 is 41.1 Å². The third-order valence-corrected chi connectivity index (χ3v) is 6.59. The maximum atomic E-state index is 15.1. The van der Waals surface area contributed by atoms with E-state index in [4.69, 9.17) is 4.74 Å². The molecule has 1 atom stereocenters. The summed E-state index contributed by atoms with van der Waals surface area (Å²) in [7, 11) is 1.40. The van der Waals surface area contributed by atoms with Crippen molar-refractivity contribution in [1.82, 2.24) is 20.5 Å². The van der Waals surface area contributed by atoms with E-state index in [0.717, 1.165) is 6.07 Å². The fraction of sp³-hybridized carbons (Fsp3) is 0.310. The second-order valence-electron chi connectivity index (χ2n) is 10.2. The topological polar surface area (TPSA) is 117 Å². The minimum atomic E-state index is -3.79. The zero-order valence-electron chi connectivity index (χ0n) is 22.6. The highest BCUT2D eigenvalue weighted by molar-refractivity contribution is 5.99. The number of hydrogen-bond acceptors (Lipinski definition) is 7. The summed E-state index contributed by atoms with van der Waals surface area (Å²) in [6.07, 6.45) is 0. The minimum Gasteiger partial charge on any atom is -0.494 e. The number of halogens is 3. The maximum Gasteiger partial charge on any atom is 0.280 e. The number of nitrogens with one attached hydrogen (secondary N) is 1. The summed E-state index contributed by atoms with van der Waals surface area (Å²) in [5.41, 5.74) is -3.18. The Kier molecular flexibility index (Phi) is 7.57. The lowest BCUT2D eigenvalue weighted by atomic mass is 9.87. The minimum absolute atomic E-state index is 0.0868. The van der Waals surface area contributed by atoms with Crippen molar-refractivity contribution in [2.24, 2.45) is 0 Å². The Balaban J connectivity index is 1.75. The predicted molar refractivity (Wildman–Crippen MR) is 143 cm³/mol. The molecule has 0 bridgehead atoms. The van der Waals surface area contributed by atoms with Crippen LogP contribution in [0.4, 0.5) is 13.2 Å². The van der Waals surface area contributed by atoms with Crippen LogP contribution in [0.1, 0.15) is 48.1 Å². The molecule has 11 heteroatoms. The highest BCUT2D eigenvalue weighted by atomic mass is 19.3. The molecule has 2 heterocycles. The van der Waals surface area contributed by atoms with Crippen LogP contribution in [-0.4, -0.2) is 50.9 Å². The van der Waals surface area contributed by atoms with Gasteiger partial charge in [0.1, 0.15) is 17.1 Å². The molecule has 0 saturated heterocycles. The number of benzene rings is 2. The second kappa shape index (κ2) is 10.5. The number of rotatable bonds is 8. The Bertz CT molecular complexity index is 1570. The highest BCUT2D eigenvalue weighted by Gasteiger charge is 2.52. The fourth-order valence-corrected chi connectivity index (χ4v) is 4.16. The van der Waals surface area contributed by atoms with Crippen molar-refractivity contribution in [3.63, 3.8) is 0 Å². The zero-order chi connectivity index (χ0) is 29.5. The fourth-order valence-electron chi connectivity index (χ4n) is 4.16. The lowest BCUT2D eigenvalue weighted by Gasteiger charge is -2.34. The maximum absolute atomic E-state index is 15.1. The van der Waals surface area contributed by atoms with E-state index in [2.05, 4.69) is 20.5 Å². The molecule has 40 heavy (non-hydrogen) atoms. The molecule has 0 radical (unpaired) electrons. The van der Waals surface area contributed by atoms with E-state index in [1.807, 2.05) is 0 Å². The van der Waals surface area contributed by atoms with Gasteiger partial charge in [-0.2, -0.15) is 5.10 Å². The summed E-state index contributed by atoms with van der Waals surface area (Å²) < 4.78 is 49.1. The first-order valence-electron chi connectivity index (χ1n) is 12.3. The highest BCUT2D eigenvalue weighted by Crippen LogP contribution is 2.39. The Labute approximate surface area is 228 Å². The number of hydrogen-bond donors (Lipinski definition) is 3. The van der Waals surface area contributed by atoms with Gasteiger partial charge < -0.3 is 20.3 Å². The van der Waals surface area contributed by atoms with Crippen LogP contribution in [0.2, 0.25) is 0 Å². The molecule has 0 aliphatic carbocycles. The molecule has 0 saturated carbocycles. The molecule has 8 nitrogen and oxygen atoms in total. The van der Waals surface area contributed by atoms with Crippen molar-refractivity contribution in [3.05, 3.63) is 82.9 Å². The molecular weight excluding hydrogens is 525 g/mol. The van der Waals surface area contributed by atoms with Crippen LogP contribution in [0.15, 0.2) is 54.6 Å². The normalized spacial score (nSPS) is 13.7. The molecule has 0 fully saturated rings. The summed E-state index contributed by atoms with van der Waals surface area (Å²) >= 11 is 0. The molecule has 2 aromatic carbocycles. The Morgan fingerprint density at radius 3 is 2.27 bits per heavy atom. The zero-order valence-corrected chi connectivity index (χ0v) is 22.6. The number of methoxy groups -OCH3 is 1. The summed E-state index contributed by atoms with van der Waals surface area (Å²) in [6, 6.07) is 12.4. The van der Waals surface area contributed by atoms with Gasteiger partial charge in [0.2, 0.25) is 0 Å². The van der Waals surface area contributed by atoms with Crippen LogP contribution in [0, 0.1) is 12.7 Å². The van der Waals surface area contributed by atoms with Gasteiger partial charge in [-0.1, -0.05) is 0 Å². The molecule has 3 N–H and O–H groups in total. The van der Waals surface area contributed by atoms with Crippen molar-refractivity contribution in [1.29, 1.82) is 0 Å². The van der Waals surface area contributed by atoms with Gasteiger partial charge in [0.15, 0.2) is 5.60 Å². The number of aliphatic hydroxyl groups is 2. The van der Waals surface area contributed by atoms with Crippen LogP contribution < -0.4 is 10.1 Å². The van der Waals surface area contributed by atoms with E-state index in [0.29, 0.717) is 29.1 Å². The molecular formula is C29H29F3N4O4. The number of nitrogens with zero attached hydrogens (tertiary/aromatic N) is 3. The number of aryl methyl sites for hydroxylation is 1. The number of carbonyl (C=O) groups is 1. The van der Waals surface area contributed by atoms with Crippen molar-refractivity contribution in [3.8, 4) is 17.0 Å². The van der Waals surface area contributed by atoms with Gasteiger partial charge in [-0.25, -0.2) is 18.2 Å². The predicted octanol–water partition coefficient (Wildman–Crippen LogP) is 4.65.